The fraction of sp³-hybridized carbons (Fsp3) is 0.500. The van der Waals surface area contributed by atoms with Crippen LogP contribution in [0.3, 0.4) is 0 Å². The summed E-state index contributed by atoms with van der Waals surface area (Å²) in [6.07, 6.45) is 2.21. The second-order valence-electron chi connectivity index (χ2n) is 2.73. The number of carbonyl (C=O) groups excluding carboxylic acids is 1. The van der Waals surface area contributed by atoms with Crippen molar-refractivity contribution in [2.45, 2.75) is 19.4 Å². The molecule has 5 nitrogen and oxygen atoms in total. The first kappa shape index (κ1) is 9.73. The third kappa shape index (κ3) is 2.55. The molecule has 0 radical (unpaired) electrons. The number of aliphatic hydroxyl groups excluding tert-OH is 1. The van der Waals surface area contributed by atoms with Gasteiger partial charge in [0.2, 0.25) is 0 Å². The normalized spacial score (nSPS) is 12.5. The molecule has 0 fully saturated rings. The van der Waals surface area contributed by atoms with Crippen LogP contribution in [0.25, 0.3) is 0 Å². The third-order valence-electron chi connectivity index (χ3n) is 1.79. The maximum absolute atomic E-state index is 11.3. The van der Waals surface area contributed by atoms with Crippen LogP contribution >= 0.6 is 0 Å². The molecule has 0 bridgehead atoms. The first-order valence-electron chi connectivity index (χ1n) is 4.19. The third-order valence-corrected chi connectivity index (χ3v) is 1.79. The van der Waals surface area contributed by atoms with Gasteiger partial charge in [-0.3, -0.25) is 9.89 Å². The summed E-state index contributed by atoms with van der Waals surface area (Å²) in [5, 5.41) is 17.7. The Kier molecular flexibility index (Phi) is 3.45. The summed E-state index contributed by atoms with van der Waals surface area (Å²) >= 11 is 0. The Labute approximate surface area is 76.2 Å². The average Bonchev–Trinajstić information content (AvgIpc) is 2.66. The van der Waals surface area contributed by atoms with Crippen molar-refractivity contribution in [3.05, 3.63) is 18.0 Å². The number of H-pyrrole nitrogens is 1. The lowest BCUT2D eigenvalue weighted by Crippen LogP contribution is -2.37. The van der Waals surface area contributed by atoms with E-state index in [4.69, 9.17) is 5.11 Å². The monoisotopic (exact) mass is 183 g/mol. The number of nitrogens with zero attached hydrogens (tertiary/aromatic N) is 1. The van der Waals surface area contributed by atoms with Gasteiger partial charge in [0.15, 0.2) is 0 Å². The van der Waals surface area contributed by atoms with E-state index in [9.17, 15) is 4.79 Å². The van der Waals surface area contributed by atoms with Crippen molar-refractivity contribution in [3.8, 4) is 0 Å². The second-order valence-corrected chi connectivity index (χ2v) is 2.73. The number of nitrogens with one attached hydrogen (secondary N) is 2. The summed E-state index contributed by atoms with van der Waals surface area (Å²) in [5.41, 5.74) is 0.409. The summed E-state index contributed by atoms with van der Waals surface area (Å²) in [6.45, 7) is 1.85. The Morgan fingerprint density at radius 2 is 2.62 bits per heavy atom. The molecule has 1 heterocycles. The minimum atomic E-state index is -0.238. The molecule has 72 valence electrons. The van der Waals surface area contributed by atoms with Crippen LogP contribution in [0, 0.1) is 0 Å². The Hall–Kier alpha value is -1.36. The van der Waals surface area contributed by atoms with E-state index in [1.54, 1.807) is 6.07 Å². The lowest BCUT2D eigenvalue weighted by molar-refractivity contribution is 0.0910. The molecule has 5 heteroatoms. The van der Waals surface area contributed by atoms with Gasteiger partial charge >= 0.3 is 0 Å². The van der Waals surface area contributed by atoms with Crippen molar-refractivity contribution in [1.82, 2.24) is 15.5 Å². The molecule has 1 aromatic rings. The van der Waals surface area contributed by atoms with E-state index in [1.165, 1.54) is 6.20 Å². The van der Waals surface area contributed by atoms with Gasteiger partial charge in [-0.25, -0.2) is 0 Å². The number of aromatic amines is 1. The predicted octanol–water partition coefficient (Wildman–Crippen LogP) is -0.0896. The smallest absolute Gasteiger partial charge is 0.269 e. The lowest BCUT2D eigenvalue weighted by Gasteiger charge is -2.12. The summed E-state index contributed by atoms with van der Waals surface area (Å²) in [6, 6.07) is 1.40. The van der Waals surface area contributed by atoms with Crippen molar-refractivity contribution in [2.24, 2.45) is 0 Å². The molecule has 0 spiro atoms. The van der Waals surface area contributed by atoms with Crippen LogP contribution in [-0.4, -0.2) is 33.9 Å². The molecule has 0 aliphatic rings. The van der Waals surface area contributed by atoms with Gasteiger partial charge in [0, 0.05) is 6.20 Å². The van der Waals surface area contributed by atoms with Gasteiger partial charge < -0.3 is 10.4 Å². The molecule has 0 aliphatic heterocycles. The summed E-state index contributed by atoms with van der Waals surface area (Å²) in [7, 11) is 0. The molecule has 0 saturated heterocycles. The zero-order valence-electron chi connectivity index (χ0n) is 7.45. The van der Waals surface area contributed by atoms with Gasteiger partial charge in [0.05, 0.1) is 12.6 Å². The Morgan fingerprint density at radius 3 is 3.08 bits per heavy atom. The standard InChI is InChI=1S/C8H13N3O2/c1-2-6(5-12)10-8(13)7-3-4-9-11-7/h3-4,6,12H,2,5H2,1H3,(H,9,11)(H,10,13)/t6-/m1/s1. The molecule has 0 aliphatic carbocycles. The number of carbonyl (C=O) groups is 1. The SMILES string of the molecule is CC[C@H](CO)NC(=O)c1ccn[nH]1. The highest BCUT2D eigenvalue weighted by Crippen LogP contribution is 1.94. The second kappa shape index (κ2) is 4.61. The average molecular weight is 183 g/mol. The molecule has 1 amide bonds. The van der Waals surface area contributed by atoms with E-state index in [1.807, 2.05) is 6.92 Å². The highest BCUT2D eigenvalue weighted by Gasteiger charge is 2.11. The van der Waals surface area contributed by atoms with E-state index in [-0.39, 0.29) is 18.6 Å². The molecule has 13 heavy (non-hydrogen) atoms. The minimum Gasteiger partial charge on any atom is -0.394 e. The largest absolute Gasteiger partial charge is 0.394 e. The maximum atomic E-state index is 11.3. The topological polar surface area (TPSA) is 78.0 Å². The zero-order valence-corrected chi connectivity index (χ0v) is 7.45. The molecule has 0 unspecified atom stereocenters. The van der Waals surface area contributed by atoms with Crippen molar-refractivity contribution in [2.75, 3.05) is 6.61 Å². The molecular weight excluding hydrogens is 170 g/mol. The van der Waals surface area contributed by atoms with Crippen LogP contribution in [0.4, 0.5) is 0 Å². The molecule has 1 rings (SSSR count). The zero-order chi connectivity index (χ0) is 9.68. The van der Waals surface area contributed by atoms with Crippen LogP contribution < -0.4 is 5.32 Å². The van der Waals surface area contributed by atoms with E-state index >= 15 is 0 Å². The number of rotatable bonds is 4. The van der Waals surface area contributed by atoms with Crippen LogP contribution in [-0.2, 0) is 0 Å². The number of hydrogen-bond donors (Lipinski definition) is 3. The first-order valence-corrected chi connectivity index (χ1v) is 4.19. The predicted molar refractivity (Wildman–Crippen MR) is 47.2 cm³/mol. The minimum absolute atomic E-state index is 0.0453. The Morgan fingerprint density at radius 1 is 1.85 bits per heavy atom. The summed E-state index contributed by atoms with van der Waals surface area (Å²) in [5.74, 6) is -0.238. The number of hydrogen-bond acceptors (Lipinski definition) is 3. The van der Waals surface area contributed by atoms with Gasteiger partial charge in [-0.1, -0.05) is 6.92 Å². The molecular formula is C8H13N3O2. The van der Waals surface area contributed by atoms with Gasteiger partial charge in [-0.15, -0.1) is 0 Å². The van der Waals surface area contributed by atoms with Gasteiger partial charge in [-0.2, -0.15) is 5.10 Å². The lowest BCUT2D eigenvalue weighted by atomic mass is 10.2. The van der Waals surface area contributed by atoms with Crippen molar-refractivity contribution < 1.29 is 9.90 Å². The van der Waals surface area contributed by atoms with E-state index in [2.05, 4.69) is 15.5 Å². The fourth-order valence-electron chi connectivity index (χ4n) is 0.922. The maximum Gasteiger partial charge on any atom is 0.269 e. The molecule has 1 aromatic heterocycles. The van der Waals surface area contributed by atoms with E-state index < -0.39 is 0 Å². The Balaban J connectivity index is 2.50. The molecule has 0 saturated carbocycles. The number of aliphatic hydroxyl groups is 1. The van der Waals surface area contributed by atoms with Gasteiger partial charge in [-0.05, 0) is 12.5 Å². The van der Waals surface area contributed by atoms with Crippen molar-refractivity contribution in [3.63, 3.8) is 0 Å². The fourth-order valence-corrected chi connectivity index (χ4v) is 0.922. The van der Waals surface area contributed by atoms with E-state index in [0.29, 0.717) is 12.1 Å². The molecule has 0 aromatic carbocycles. The van der Waals surface area contributed by atoms with Gasteiger partial charge in [0.25, 0.3) is 5.91 Å². The number of aromatic nitrogens is 2. The van der Waals surface area contributed by atoms with Crippen LogP contribution in [0.5, 0.6) is 0 Å². The van der Waals surface area contributed by atoms with Crippen molar-refractivity contribution in [1.29, 1.82) is 0 Å². The quantitative estimate of drug-likeness (QED) is 0.610. The van der Waals surface area contributed by atoms with Crippen LogP contribution in [0.15, 0.2) is 12.3 Å². The number of amides is 1. The van der Waals surface area contributed by atoms with Crippen LogP contribution in [0.2, 0.25) is 0 Å². The van der Waals surface area contributed by atoms with Crippen LogP contribution in [0.1, 0.15) is 23.8 Å². The van der Waals surface area contributed by atoms with Crippen molar-refractivity contribution >= 4 is 5.91 Å². The highest BCUT2D eigenvalue weighted by molar-refractivity contribution is 5.92. The first-order chi connectivity index (χ1) is 6.27. The molecule has 1 atom stereocenters. The Bertz CT molecular complexity index is 254. The summed E-state index contributed by atoms with van der Waals surface area (Å²) in [4.78, 5) is 11.3. The molecule has 3 N–H and O–H groups in total. The van der Waals surface area contributed by atoms with Gasteiger partial charge in [0.1, 0.15) is 5.69 Å². The summed E-state index contributed by atoms with van der Waals surface area (Å²) < 4.78 is 0. The van der Waals surface area contributed by atoms with E-state index in [0.717, 1.165) is 0 Å². The highest BCUT2D eigenvalue weighted by atomic mass is 16.3.